The second kappa shape index (κ2) is 7.85. The van der Waals surface area contributed by atoms with Crippen molar-refractivity contribution in [3.8, 4) is 0 Å². The molecule has 2 N–H and O–H groups in total. The highest BCUT2D eigenvalue weighted by molar-refractivity contribution is 9.11. The first kappa shape index (κ1) is 19.9. The summed E-state index contributed by atoms with van der Waals surface area (Å²) in [6, 6.07) is 7.00. The fourth-order valence-corrected chi connectivity index (χ4v) is 4.86. The van der Waals surface area contributed by atoms with Crippen LogP contribution in [0.15, 0.2) is 44.4 Å². The van der Waals surface area contributed by atoms with Crippen molar-refractivity contribution >= 4 is 48.9 Å². The van der Waals surface area contributed by atoms with Crippen molar-refractivity contribution in [2.45, 2.75) is 16.8 Å². The van der Waals surface area contributed by atoms with Gasteiger partial charge in [-0.1, -0.05) is 0 Å². The highest BCUT2D eigenvalue weighted by Crippen LogP contribution is 2.29. The number of amides is 1. The van der Waals surface area contributed by atoms with E-state index in [2.05, 4.69) is 26.0 Å². The number of thiophene rings is 1. The van der Waals surface area contributed by atoms with E-state index in [1.807, 2.05) is 0 Å². The van der Waals surface area contributed by atoms with Crippen LogP contribution >= 0.6 is 27.3 Å². The predicted molar refractivity (Wildman–Crippen MR) is 91.9 cm³/mol. The molecule has 5 nitrogen and oxygen atoms in total. The zero-order valence-corrected chi connectivity index (χ0v) is 15.7. The summed E-state index contributed by atoms with van der Waals surface area (Å²) in [5.41, 5.74) is -0.622. The molecular weight excluding hydrogens is 445 g/mol. The summed E-state index contributed by atoms with van der Waals surface area (Å²) in [6.07, 6.45) is -4.61. The van der Waals surface area contributed by atoms with Crippen LogP contribution in [0.5, 0.6) is 0 Å². The van der Waals surface area contributed by atoms with Gasteiger partial charge in [-0.3, -0.25) is 4.79 Å². The second-order valence-electron chi connectivity index (χ2n) is 4.83. The molecule has 1 heterocycles. The third-order valence-corrected chi connectivity index (χ3v) is 6.53. The van der Waals surface area contributed by atoms with Crippen molar-refractivity contribution in [2.75, 3.05) is 11.9 Å². The van der Waals surface area contributed by atoms with Gasteiger partial charge in [-0.25, -0.2) is 13.1 Å². The van der Waals surface area contributed by atoms with Crippen LogP contribution in [0.2, 0.25) is 0 Å². The zero-order valence-electron chi connectivity index (χ0n) is 12.4. The van der Waals surface area contributed by atoms with Crippen molar-refractivity contribution < 1.29 is 26.4 Å². The van der Waals surface area contributed by atoms with E-state index in [1.165, 1.54) is 6.07 Å². The van der Waals surface area contributed by atoms with Crippen LogP contribution in [0.1, 0.15) is 12.0 Å². The minimum atomic E-state index is -4.45. The number of alkyl halides is 3. The Balaban J connectivity index is 1.85. The number of halogens is 4. The van der Waals surface area contributed by atoms with Gasteiger partial charge in [-0.05, 0) is 52.3 Å². The monoisotopic (exact) mass is 456 g/mol. The molecular formula is C14H12BrF3N2O3S2. The molecule has 2 aromatic rings. The molecule has 1 amide bonds. The van der Waals surface area contributed by atoms with Gasteiger partial charge in [0.1, 0.15) is 4.21 Å². The third-order valence-electron chi connectivity index (χ3n) is 2.95. The Kier molecular flexibility index (Phi) is 6.25. The number of hydrogen-bond donors (Lipinski definition) is 2. The van der Waals surface area contributed by atoms with E-state index in [0.29, 0.717) is 3.79 Å². The van der Waals surface area contributed by atoms with E-state index in [1.54, 1.807) is 6.07 Å². The average Bonchev–Trinajstić information content (AvgIpc) is 2.94. The number of benzene rings is 1. The lowest BCUT2D eigenvalue weighted by molar-refractivity contribution is -0.137. The highest BCUT2D eigenvalue weighted by atomic mass is 79.9. The first-order chi connectivity index (χ1) is 11.6. The highest BCUT2D eigenvalue weighted by Gasteiger charge is 2.30. The van der Waals surface area contributed by atoms with Crippen molar-refractivity contribution in [1.29, 1.82) is 0 Å². The van der Waals surface area contributed by atoms with Crippen LogP contribution in [-0.4, -0.2) is 20.9 Å². The van der Waals surface area contributed by atoms with Crippen molar-refractivity contribution in [3.05, 3.63) is 45.7 Å². The van der Waals surface area contributed by atoms with Gasteiger partial charge < -0.3 is 5.32 Å². The maximum atomic E-state index is 12.4. The Morgan fingerprint density at radius 1 is 1.12 bits per heavy atom. The van der Waals surface area contributed by atoms with Crippen LogP contribution in [0.25, 0.3) is 0 Å². The lowest BCUT2D eigenvalue weighted by Gasteiger charge is -2.09. The number of carbonyl (C=O) groups is 1. The van der Waals surface area contributed by atoms with Gasteiger partial charge >= 0.3 is 6.18 Å². The molecule has 0 fully saturated rings. The summed E-state index contributed by atoms with van der Waals surface area (Å²) in [4.78, 5) is 11.7. The standard InChI is InChI=1S/C14H12BrF3N2O3S2/c15-11-5-6-13(24-11)25(22,23)19-8-7-12(21)20-10-3-1-9(2-4-10)14(16,17)18/h1-6,19H,7-8H2,(H,20,21). The summed E-state index contributed by atoms with van der Waals surface area (Å²) in [5.74, 6) is -0.519. The van der Waals surface area contributed by atoms with Gasteiger partial charge in [-0.15, -0.1) is 11.3 Å². The molecule has 1 aromatic carbocycles. The molecule has 0 atom stereocenters. The number of sulfonamides is 1. The minimum absolute atomic E-state index is 0.113. The van der Waals surface area contributed by atoms with Crippen LogP contribution in [0.4, 0.5) is 18.9 Å². The summed E-state index contributed by atoms with van der Waals surface area (Å²) in [6.45, 7) is -0.135. The molecule has 2 rings (SSSR count). The van der Waals surface area contributed by atoms with Crippen molar-refractivity contribution in [3.63, 3.8) is 0 Å². The number of hydrogen-bond acceptors (Lipinski definition) is 4. The average molecular weight is 457 g/mol. The zero-order chi connectivity index (χ0) is 18.7. The molecule has 25 heavy (non-hydrogen) atoms. The molecule has 0 saturated heterocycles. The first-order valence-corrected chi connectivity index (χ1v) is 9.89. The number of rotatable bonds is 6. The molecule has 0 radical (unpaired) electrons. The lowest BCUT2D eigenvalue weighted by Crippen LogP contribution is -2.27. The number of anilines is 1. The Hall–Kier alpha value is -1.43. The van der Waals surface area contributed by atoms with E-state index >= 15 is 0 Å². The largest absolute Gasteiger partial charge is 0.416 e. The van der Waals surface area contributed by atoms with Crippen LogP contribution in [0, 0.1) is 0 Å². The third kappa shape index (κ3) is 5.80. The molecule has 0 aliphatic rings. The summed E-state index contributed by atoms with van der Waals surface area (Å²) in [7, 11) is -3.70. The Bertz CT molecular complexity index is 849. The molecule has 1 aromatic heterocycles. The molecule has 0 unspecified atom stereocenters. The van der Waals surface area contributed by atoms with Gasteiger partial charge in [0, 0.05) is 18.7 Å². The summed E-state index contributed by atoms with van der Waals surface area (Å²) >= 11 is 4.20. The molecule has 0 spiro atoms. The summed E-state index contributed by atoms with van der Waals surface area (Å²) < 4.78 is 64.3. The van der Waals surface area contributed by atoms with Gasteiger partial charge in [0.05, 0.1) is 9.35 Å². The molecule has 0 aliphatic heterocycles. The summed E-state index contributed by atoms with van der Waals surface area (Å²) in [5, 5.41) is 2.40. The van der Waals surface area contributed by atoms with E-state index in [9.17, 15) is 26.4 Å². The SMILES string of the molecule is O=C(CCNS(=O)(=O)c1ccc(Br)s1)Nc1ccc(C(F)(F)F)cc1. The molecule has 0 aliphatic carbocycles. The Morgan fingerprint density at radius 3 is 2.28 bits per heavy atom. The number of carbonyl (C=O) groups excluding carboxylic acids is 1. The first-order valence-electron chi connectivity index (χ1n) is 6.80. The normalized spacial score (nSPS) is 12.2. The van der Waals surface area contributed by atoms with Gasteiger partial charge in [0.15, 0.2) is 0 Å². The predicted octanol–water partition coefficient (Wildman–Crippen LogP) is 3.84. The molecule has 136 valence electrons. The van der Waals surface area contributed by atoms with Crippen molar-refractivity contribution in [2.24, 2.45) is 0 Å². The minimum Gasteiger partial charge on any atom is -0.326 e. The van der Waals surface area contributed by atoms with Gasteiger partial charge in [0.2, 0.25) is 15.9 Å². The van der Waals surface area contributed by atoms with E-state index in [0.717, 1.165) is 35.6 Å². The van der Waals surface area contributed by atoms with E-state index in [-0.39, 0.29) is 22.9 Å². The molecule has 0 saturated carbocycles. The maximum absolute atomic E-state index is 12.4. The smallest absolute Gasteiger partial charge is 0.326 e. The van der Waals surface area contributed by atoms with Crippen LogP contribution in [0.3, 0.4) is 0 Å². The second-order valence-corrected chi connectivity index (χ2v) is 9.29. The lowest BCUT2D eigenvalue weighted by atomic mass is 10.2. The van der Waals surface area contributed by atoms with Crippen LogP contribution in [-0.2, 0) is 21.0 Å². The Labute approximate surface area is 154 Å². The fraction of sp³-hybridized carbons (Fsp3) is 0.214. The topological polar surface area (TPSA) is 75.3 Å². The molecule has 11 heteroatoms. The number of nitrogens with one attached hydrogen (secondary N) is 2. The Morgan fingerprint density at radius 2 is 1.76 bits per heavy atom. The quantitative estimate of drug-likeness (QED) is 0.693. The van der Waals surface area contributed by atoms with Gasteiger partial charge in [-0.2, -0.15) is 13.2 Å². The van der Waals surface area contributed by atoms with Gasteiger partial charge in [0.25, 0.3) is 0 Å². The molecule has 0 bridgehead atoms. The van der Waals surface area contributed by atoms with E-state index in [4.69, 9.17) is 0 Å². The maximum Gasteiger partial charge on any atom is 0.416 e. The van der Waals surface area contributed by atoms with E-state index < -0.39 is 27.7 Å². The van der Waals surface area contributed by atoms with Crippen molar-refractivity contribution in [1.82, 2.24) is 4.72 Å². The fourth-order valence-electron chi connectivity index (χ4n) is 1.78. The van der Waals surface area contributed by atoms with Crippen LogP contribution < -0.4 is 10.0 Å².